The summed E-state index contributed by atoms with van der Waals surface area (Å²) in [6.07, 6.45) is 0. The topological polar surface area (TPSA) is 81.4 Å². The van der Waals surface area contributed by atoms with Crippen LogP contribution in [0.4, 0.5) is 5.69 Å². The molecule has 4 aromatic rings. The Morgan fingerprint density at radius 2 is 1.96 bits per heavy atom. The highest BCUT2D eigenvalue weighted by atomic mass is 32.1. The van der Waals surface area contributed by atoms with Gasteiger partial charge in [0.05, 0.1) is 12.7 Å². The van der Waals surface area contributed by atoms with E-state index < -0.39 is 0 Å². The minimum atomic E-state index is -0.210. The molecule has 4 rings (SSSR count). The Morgan fingerprint density at radius 3 is 2.70 bits per heavy atom. The summed E-state index contributed by atoms with van der Waals surface area (Å²) < 4.78 is 6.99. The lowest BCUT2D eigenvalue weighted by Crippen LogP contribution is -2.13. The lowest BCUT2D eigenvalue weighted by Gasteiger charge is -2.11. The zero-order chi connectivity index (χ0) is 19.0. The number of para-hydroxylation sites is 1. The predicted molar refractivity (Wildman–Crippen MR) is 105 cm³/mol. The average molecular weight is 379 g/mol. The van der Waals surface area contributed by atoms with Crippen LogP contribution in [0.25, 0.3) is 15.5 Å². The van der Waals surface area contributed by atoms with Crippen molar-refractivity contribution in [2.45, 2.75) is 13.8 Å². The van der Waals surface area contributed by atoms with Crippen LogP contribution in [-0.2, 0) is 0 Å². The molecule has 0 aliphatic heterocycles. The molecular formula is C19H17N5O2S. The molecule has 2 aromatic heterocycles. The van der Waals surface area contributed by atoms with Gasteiger partial charge in [0.15, 0.2) is 5.82 Å². The van der Waals surface area contributed by atoms with Gasteiger partial charge in [0.1, 0.15) is 10.8 Å². The Kier molecular flexibility index (Phi) is 4.33. The average Bonchev–Trinajstić information content (AvgIpc) is 3.25. The number of nitrogens with zero attached hydrogens (tertiary/aromatic N) is 4. The molecule has 2 heterocycles. The molecule has 0 aliphatic carbocycles. The first-order valence-electron chi connectivity index (χ1n) is 8.31. The molecular weight excluding hydrogens is 362 g/mol. The molecule has 8 heteroatoms. The fourth-order valence-corrected chi connectivity index (χ4v) is 3.67. The van der Waals surface area contributed by atoms with E-state index in [1.54, 1.807) is 23.8 Å². The molecule has 1 N–H and O–H groups in total. The summed E-state index contributed by atoms with van der Waals surface area (Å²) in [6.45, 7) is 3.82. The standard InChI is InChI=1S/C19H17N5O2S/c1-11-10-13(18-23-24-12(2)21-22-19(24)27-18)8-9-15(11)20-17(25)14-6-4-5-7-16(14)26-3/h4-10H,1-3H3,(H,20,25). The Balaban J connectivity index is 1.61. The second kappa shape index (κ2) is 6.81. The summed E-state index contributed by atoms with van der Waals surface area (Å²) in [6, 6.07) is 13.0. The first kappa shape index (κ1) is 17.2. The first-order valence-corrected chi connectivity index (χ1v) is 9.12. The van der Waals surface area contributed by atoms with Crippen LogP contribution < -0.4 is 10.1 Å². The number of aryl methyl sites for hydroxylation is 2. The number of hydrogen-bond acceptors (Lipinski definition) is 6. The number of ether oxygens (including phenoxy) is 1. The van der Waals surface area contributed by atoms with Crippen molar-refractivity contribution >= 4 is 27.9 Å². The van der Waals surface area contributed by atoms with Crippen molar-refractivity contribution in [2.24, 2.45) is 0 Å². The minimum absolute atomic E-state index is 0.210. The van der Waals surface area contributed by atoms with Gasteiger partial charge < -0.3 is 10.1 Å². The summed E-state index contributed by atoms with van der Waals surface area (Å²) >= 11 is 1.48. The van der Waals surface area contributed by atoms with Gasteiger partial charge in [-0.25, -0.2) is 0 Å². The maximum absolute atomic E-state index is 12.6. The number of benzene rings is 2. The molecule has 0 atom stereocenters. The van der Waals surface area contributed by atoms with Crippen LogP contribution in [0.1, 0.15) is 21.7 Å². The number of hydrogen-bond donors (Lipinski definition) is 1. The highest BCUT2D eigenvalue weighted by Crippen LogP contribution is 2.29. The fraction of sp³-hybridized carbons (Fsp3) is 0.158. The summed E-state index contributed by atoms with van der Waals surface area (Å²) in [5.41, 5.74) is 3.15. The Labute approximate surface area is 159 Å². The van der Waals surface area contributed by atoms with Crippen LogP contribution in [0.3, 0.4) is 0 Å². The molecule has 1 amide bonds. The highest BCUT2D eigenvalue weighted by Gasteiger charge is 2.14. The van der Waals surface area contributed by atoms with E-state index in [4.69, 9.17) is 4.74 Å². The number of amides is 1. The van der Waals surface area contributed by atoms with Crippen molar-refractivity contribution in [3.8, 4) is 16.3 Å². The molecule has 0 fully saturated rings. The second-order valence-electron chi connectivity index (χ2n) is 6.03. The summed E-state index contributed by atoms with van der Waals surface area (Å²) in [5, 5.41) is 16.4. The predicted octanol–water partition coefficient (Wildman–Crippen LogP) is 3.73. The maximum Gasteiger partial charge on any atom is 0.259 e. The molecule has 0 aliphatic rings. The number of carbonyl (C=O) groups is 1. The molecule has 2 aromatic carbocycles. The SMILES string of the molecule is COc1ccccc1C(=O)Nc1ccc(-c2nn3c(C)nnc3s2)cc1C. The van der Waals surface area contributed by atoms with Gasteiger partial charge in [0.25, 0.3) is 5.91 Å². The maximum atomic E-state index is 12.6. The summed E-state index contributed by atoms with van der Waals surface area (Å²) in [4.78, 5) is 13.4. The van der Waals surface area contributed by atoms with Crippen molar-refractivity contribution in [1.82, 2.24) is 19.8 Å². The molecule has 0 unspecified atom stereocenters. The van der Waals surface area contributed by atoms with Gasteiger partial charge in [0, 0.05) is 11.3 Å². The highest BCUT2D eigenvalue weighted by molar-refractivity contribution is 7.19. The molecule has 0 saturated carbocycles. The quantitative estimate of drug-likeness (QED) is 0.584. The van der Waals surface area contributed by atoms with Gasteiger partial charge in [-0.3, -0.25) is 4.79 Å². The van der Waals surface area contributed by atoms with E-state index in [0.717, 1.165) is 32.6 Å². The Morgan fingerprint density at radius 1 is 1.15 bits per heavy atom. The number of anilines is 1. The molecule has 0 bridgehead atoms. The number of fused-ring (bicyclic) bond motifs is 1. The zero-order valence-corrected chi connectivity index (χ0v) is 15.9. The molecule has 0 saturated heterocycles. The molecule has 136 valence electrons. The smallest absolute Gasteiger partial charge is 0.259 e. The normalized spacial score (nSPS) is 10.9. The third kappa shape index (κ3) is 3.15. The summed E-state index contributed by atoms with van der Waals surface area (Å²) in [7, 11) is 1.55. The van der Waals surface area contributed by atoms with Crippen molar-refractivity contribution < 1.29 is 9.53 Å². The van der Waals surface area contributed by atoms with E-state index in [-0.39, 0.29) is 5.91 Å². The third-order valence-corrected chi connectivity index (χ3v) is 5.17. The molecule has 0 radical (unpaired) electrons. The third-order valence-electron chi connectivity index (χ3n) is 4.22. The monoisotopic (exact) mass is 379 g/mol. The van der Waals surface area contributed by atoms with Crippen LogP contribution in [0.15, 0.2) is 42.5 Å². The number of methoxy groups -OCH3 is 1. The minimum Gasteiger partial charge on any atom is -0.496 e. The van der Waals surface area contributed by atoms with Crippen molar-refractivity contribution in [3.05, 3.63) is 59.4 Å². The van der Waals surface area contributed by atoms with Crippen LogP contribution in [0.2, 0.25) is 0 Å². The molecule has 7 nitrogen and oxygen atoms in total. The lowest BCUT2D eigenvalue weighted by molar-refractivity contribution is 0.102. The van der Waals surface area contributed by atoms with Gasteiger partial charge in [-0.2, -0.15) is 9.61 Å². The van der Waals surface area contributed by atoms with E-state index in [9.17, 15) is 4.79 Å². The van der Waals surface area contributed by atoms with Crippen LogP contribution in [0, 0.1) is 13.8 Å². The van der Waals surface area contributed by atoms with Crippen molar-refractivity contribution in [1.29, 1.82) is 0 Å². The zero-order valence-electron chi connectivity index (χ0n) is 15.1. The van der Waals surface area contributed by atoms with Crippen molar-refractivity contribution in [2.75, 3.05) is 12.4 Å². The number of nitrogens with one attached hydrogen (secondary N) is 1. The van der Waals surface area contributed by atoms with Gasteiger partial charge in [-0.1, -0.05) is 23.5 Å². The number of carbonyl (C=O) groups excluding carboxylic acids is 1. The number of rotatable bonds is 4. The molecule has 27 heavy (non-hydrogen) atoms. The van der Waals surface area contributed by atoms with Gasteiger partial charge in [-0.15, -0.1) is 10.2 Å². The first-order chi connectivity index (χ1) is 13.1. The van der Waals surface area contributed by atoms with Gasteiger partial charge in [-0.05, 0) is 49.7 Å². The lowest BCUT2D eigenvalue weighted by atomic mass is 10.1. The van der Waals surface area contributed by atoms with Crippen LogP contribution >= 0.6 is 11.3 Å². The van der Waals surface area contributed by atoms with E-state index in [1.165, 1.54) is 11.3 Å². The van der Waals surface area contributed by atoms with Gasteiger partial charge in [0.2, 0.25) is 4.96 Å². The Bertz CT molecular complexity index is 1150. The van der Waals surface area contributed by atoms with E-state index >= 15 is 0 Å². The van der Waals surface area contributed by atoms with Gasteiger partial charge >= 0.3 is 0 Å². The largest absolute Gasteiger partial charge is 0.496 e. The molecule has 0 spiro atoms. The number of aromatic nitrogens is 4. The fourth-order valence-electron chi connectivity index (χ4n) is 2.79. The van der Waals surface area contributed by atoms with Crippen LogP contribution in [-0.4, -0.2) is 32.8 Å². The summed E-state index contributed by atoms with van der Waals surface area (Å²) in [5.74, 6) is 1.09. The Hall–Kier alpha value is -3.26. The van der Waals surface area contributed by atoms with Crippen molar-refractivity contribution in [3.63, 3.8) is 0 Å². The van der Waals surface area contributed by atoms with E-state index in [0.29, 0.717) is 11.3 Å². The van der Waals surface area contributed by atoms with Crippen LogP contribution in [0.5, 0.6) is 5.75 Å². The van der Waals surface area contributed by atoms with E-state index in [1.807, 2.05) is 44.2 Å². The van der Waals surface area contributed by atoms with E-state index in [2.05, 4.69) is 20.6 Å². The second-order valence-corrected chi connectivity index (χ2v) is 6.99.